The van der Waals surface area contributed by atoms with Crippen LogP contribution in [0.1, 0.15) is 18.4 Å². The highest BCUT2D eigenvalue weighted by Gasteiger charge is 2.56. The molecule has 0 saturated heterocycles. The number of amides is 2. The quantitative estimate of drug-likeness (QED) is 0.629. The van der Waals surface area contributed by atoms with Crippen molar-refractivity contribution in [3.8, 4) is 0 Å². The monoisotopic (exact) mass is 366 g/mol. The topological polar surface area (TPSA) is 58.2 Å². The molecule has 0 unspecified atom stereocenters. The molecule has 0 radical (unpaired) electrons. The molecule has 0 heterocycles. The van der Waals surface area contributed by atoms with Crippen LogP contribution >= 0.6 is 0 Å². The van der Waals surface area contributed by atoms with Crippen molar-refractivity contribution in [2.24, 2.45) is 5.41 Å². The number of carbonyl (C=O) groups is 2. The van der Waals surface area contributed by atoms with Crippen LogP contribution in [0.2, 0.25) is 0 Å². The van der Waals surface area contributed by atoms with E-state index in [0.29, 0.717) is 0 Å². The van der Waals surface area contributed by atoms with Crippen LogP contribution in [-0.2, 0) is 15.8 Å². The smallest absolute Gasteiger partial charge is 0.325 e. The van der Waals surface area contributed by atoms with Crippen molar-refractivity contribution in [3.05, 3.63) is 59.9 Å². The Bertz CT molecular complexity index is 860. The summed E-state index contributed by atoms with van der Waals surface area (Å²) in [6, 6.07) is 9.65. The maximum absolute atomic E-state index is 13.6. The van der Waals surface area contributed by atoms with Crippen molar-refractivity contribution >= 4 is 23.2 Å². The van der Waals surface area contributed by atoms with E-state index in [1.54, 1.807) is 0 Å². The molecule has 2 aromatic carbocycles. The molecule has 1 fully saturated rings. The molecule has 0 atom stereocenters. The van der Waals surface area contributed by atoms with E-state index in [0.717, 1.165) is 24.3 Å². The number of rotatable bonds is 4. The van der Waals surface area contributed by atoms with Gasteiger partial charge in [-0.15, -0.1) is 0 Å². The Morgan fingerprint density at radius 2 is 1.58 bits per heavy atom. The Morgan fingerprint density at radius 3 is 2.19 bits per heavy atom. The Balaban J connectivity index is 1.73. The van der Waals surface area contributed by atoms with Crippen LogP contribution in [-0.4, -0.2) is 11.8 Å². The zero-order valence-electron chi connectivity index (χ0n) is 13.4. The minimum Gasteiger partial charge on any atom is -0.325 e. The predicted octanol–water partition coefficient (Wildman–Crippen LogP) is 4.20. The maximum atomic E-state index is 13.6. The minimum absolute atomic E-state index is 0.0596. The molecule has 0 spiro atoms. The minimum atomic E-state index is -4.54. The van der Waals surface area contributed by atoms with Gasteiger partial charge in [0.25, 0.3) is 0 Å². The van der Waals surface area contributed by atoms with E-state index in [1.165, 1.54) is 24.3 Å². The Kier molecular flexibility index (Phi) is 4.43. The summed E-state index contributed by atoms with van der Waals surface area (Å²) >= 11 is 0. The van der Waals surface area contributed by atoms with Crippen LogP contribution in [0.5, 0.6) is 0 Å². The number of halogens is 4. The lowest BCUT2D eigenvalue weighted by Crippen LogP contribution is -2.35. The van der Waals surface area contributed by atoms with Crippen LogP contribution in [0.25, 0.3) is 0 Å². The number of nitrogens with one attached hydrogen (secondary N) is 2. The van der Waals surface area contributed by atoms with E-state index in [-0.39, 0.29) is 24.2 Å². The molecule has 0 bridgehead atoms. The summed E-state index contributed by atoms with van der Waals surface area (Å²) in [5.74, 6) is -2.05. The largest absolute Gasteiger partial charge is 0.416 e. The molecular formula is C18H14F4N2O2. The highest BCUT2D eigenvalue weighted by molar-refractivity contribution is 6.16. The van der Waals surface area contributed by atoms with Crippen molar-refractivity contribution in [2.45, 2.75) is 19.0 Å². The molecule has 8 heteroatoms. The van der Waals surface area contributed by atoms with Gasteiger partial charge in [0.05, 0.1) is 11.3 Å². The van der Waals surface area contributed by atoms with E-state index in [1.807, 2.05) is 0 Å². The van der Waals surface area contributed by atoms with E-state index >= 15 is 0 Å². The SMILES string of the molecule is O=C(Nc1cccc(C(F)(F)F)c1)C1(C(=O)Nc2ccccc2F)CC1. The van der Waals surface area contributed by atoms with E-state index in [4.69, 9.17) is 0 Å². The third kappa shape index (κ3) is 3.54. The molecule has 0 aromatic heterocycles. The zero-order valence-corrected chi connectivity index (χ0v) is 13.4. The van der Waals surface area contributed by atoms with Crippen molar-refractivity contribution in [1.82, 2.24) is 0 Å². The molecule has 2 N–H and O–H groups in total. The summed E-state index contributed by atoms with van der Waals surface area (Å²) in [6.07, 6.45) is -4.07. The molecule has 3 rings (SSSR count). The van der Waals surface area contributed by atoms with Gasteiger partial charge in [-0.3, -0.25) is 9.59 Å². The Hall–Kier alpha value is -2.90. The standard InChI is InChI=1S/C18H14F4N2O2/c19-13-6-1-2-7-14(13)24-16(26)17(8-9-17)15(25)23-12-5-3-4-11(10-12)18(20,21)22/h1-7,10H,8-9H2,(H,23,25)(H,24,26). The van der Waals surface area contributed by atoms with Crippen LogP contribution in [0.15, 0.2) is 48.5 Å². The second-order valence-electron chi connectivity index (χ2n) is 6.05. The number of hydrogen-bond donors (Lipinski definition) is 2. The molecular weight excluding hydrogens is 352 g/mol. The second kappa shape index (κ2) is 6.44. The normalized spacial score (nSPS) is 15.2. The van der Waals surface area contributed by atoms with Gasteiger partial charge >= 0.3 is 6.18 Å². The first-order valence-corrected chi connectivity index (χ1v) is 7.77. The van der Waals surface area contributed by atoms with Gasteiger partial charge in [0.1, 0.15) is 11.2 Å². The van der Waals surface area contributed by atoms with Gasteiger partial charge in [-0.1, -0.05) is 18.2 Å². The highest BCUT2D eigenvalue weighted by atomic mass is 19.4. The van der Waals surface area contributed by atoms with Crippen LogP contribution < -0.4 is 10.6 Å². The maximum Gasteiger partial charge on any atom is 0.416 e. The van der Waals surface area contributed by atoms with E-state index in [2.05, 4.69) is 10.6 Å². The van der Waals surface area contributed by atoms with Gasteiger partial charge in [-0.25, -0.2) is 4.39 Å². The average Bonchev–Trinajstić information content (AvgIpc) is 3.38. The van der Waals surface area contributed by atoms with Crippen LogP contribution in [0.4, 0.5) is 28.9 Å². The second-order valence-corrected chi connectivity index (χ2v) is 6.05. The summed E-state index contributed by atoms with van der Waals surface area (Å²) in [5, 5.41) is 4.71. The first-order chi connectivity index (χ1) is 12.2. The lowest BCUT2D eigenvalue weighted by atomic mass is 10.0. The van der Waals surface area contributed by atoms with Gasteiger partial charge in [-0.05, 0) is 43.2 Å². The molecule has 1 saturated carbocycles. The Morgan fingerprint density at radius 1 is 0.923 bits per heavy atom. The molecule has 0 aliphatic heterocycles. The summed E-state index contributed by atoms with van der Waals surface area (Å²) in [4.78, 5) is 24.8. The fourth-order valence-electron chi connectivity index (χ4n) is 2.51. The highest BCUT2D eigenvalue weighted by Crippen LogP contribution is 2.47. The fourth-order valence-corrected chi connectivity index (χ4v) is 2.51. The number of carbonyl (C=O) groups excluding carboxylic acids is 2. The lowest BCUT2D eigenvalue weighted by Gasteiger charge is -2.16. The summed E-state index contributed by atoms with van der Waals surface area (Å²) in [6.45, 7) is 0. The average molecular weight is 366 g/mol. The van der Waals surface area contributed by atoms with Gasteiger partial charge in [0, 0.05) is 5.69 Å². The van der Waals surface area contributed by atoms with Crippen molar-refractivity contribution in [3.63, 3.8) is 0 Å². The van der Waals surface area contributed by atoms with Crippen LogP contribution in [0, 0.1) is 11.2 Å². The molecule has 2 amide bonds. The summed E-state index contributed by atoms with van der Waals surface area (Å²) in [7, 11) is 0. The predicted molar refractivity (Wildman–Crippen MR) is 86.8 cm³/mol. The van der Waals surface area contributed by atoms with Crippen molar-refractivity contribution < 1.29 is 27.2 Å². The number of benzene rings is 2. The van der Waals surface area contributed by atoms with Gasteiger partial charge in [0.15, 0.2) is 0 Å². The fraction of sp³-hybridized carbons (Fsp3) is 0.222. The summed E-state index contributed by atoms with van der Waals surface area (Å²) in [5.41, 5.74) is -2.43. The first-order valence-electron chi connectivity index (χ1n) is 7.77. The number of alkyl halides is 3. The van der Waals surface area contributed by atoms with Gasteiger partial charge in [0.2, 0.25) is 11.8 Å². The number of para-hydroxylation sites is 1. The molecule has 1 aliphatic carbocycles. The Labute approximate surface area is 146 Å². The van der Waals surface area contributed by atoms with Crippen molar-refractivity contribution in [1.29, 1.82) is 0 Å². The molecule has 4 nitrogen and oxygen atoms in total. The zero-order chi connectivity index (χ0) is 18.9. The number of anilines is 2. The van der Waals surface area contributed by atoms with E-state index in [9.17, 15) is 27.2 Å². The number of hydrogen-bond acceptors (Lipinski definition) is 2. The summed E-state index contributed by atoms with van der Waals surface area (Å²) < 4.78 is 51.9. The van der Waals surface area contributed by atoms with Crippen LogP contribution in [0.3, 0.4) is 0 Å². The molecule has 1 aliphatic rings. The molecule has 26 heavy (non-hydrogen) atoms. The van der Waals surface area contributed by atoms with Crippen molar-refractivity contribution in [2.75, 3.05) is 10.6 Å². The molecule has 136 valence electrons. The third-order valence-electron chi connectivity index (χ3n) is 4.19. The lowest BCUT2D eigenvalue weighted by molar-refractivity contribution is -0.137. The third-order valence-corrected chi connectivity index (χ3v) is 4.19. The van der Waals surface area contributed by atoms with E-state index < -0.39 is 34.8 Å². The molecule has 2 aromatic rings. The first kappa shape index (κ1) is 17.9. The van der Waals surface area contributed by atoms with Gasteiger partial charge < -0.3 is 10.6 Å². The van der Waals surface area contributed by atoms with Gasteiger partial charge in [-0.2, -0.15) is 13.2 Å².